The van der Waals surface area contributed by atoms with Crippen LogP contribution >= 0.6 is 0 Å². The average molecular weight is 398 g/mol. The molecule has 1 N–H and O–H groups in total. The van der Waals surface area contributed by atoms with Gasteiger partial charge in [0.1, 0.15) is 5.76 Å². The standard InChI is InChI=1S/C22H31N5O2/c1-17(27-8-7-19-5-3-4-6-20(19)15-27)14-23-22(28)26-11-9-25(10-12-26)16-21-13-18(2)29-24-21/h3-6,13,17H,7-12,14-16H2,1-2H3,(H,23,28). The van der Waals surface area contributed by atoms with E-state index in [0.717, 1.165) is 63.7 Å². The monoisotopic (exact) mass is 397 g/mol. The van der Waals surface area contributed by atoms with Gasteiger partial charge < -0.3 is 14.7 Å². The van der Waals surface area contributed by atoms with Crippen molar-refractivity contribution < 1.29 is 9.32 Å². The number of nitrogens with one attached hydrogen (secondary N) is 1. The Bertz CT molecular complexity index is 828. The molecule has 0 spiro atoms. The molecule has 1 saturated heterocycles. The second-order valence-electron chi connectivity index (χ2n) is 8.22. The Morgan fingerprint density at radius 1 is 1.17 bits per heavy atom. The SMILES string of the molecule is Cc1cc(CN2CCN(C(=O)NCC(C)N3CCc4ccccc4C3)CC2)no1. The van der Waals surface area contributed by atoms with Crippen molar-refractivity contribution in [1.29, 1.82) is 0 Å². The number of fused-ring (bicyclic) bond motifs is 1. The van der Waals surface area contributed by atoms with E-state index in [9.17, 15) is 4.79 Å². The molecule has 1 unspecified atom stereocenters. The van der Waals surface area contributed by atoms with Gasteiger partial charge in [-0.15, -0.1) is 0 Å². The van der Waals surface area contributed by atoms with Gasteiger partial charge in [0.25, 0.3) is 0 Å². The number of carbonyl (C=O) groups is 1. The Labute approximate surface area is 172 Å². The summed E-state index contributed by atoms with van der Waals surface area (Å²) in [6, 6.07) is 11.0. The number of aryl methyl sites for hydroxylation is 1. The van der Waals surface area contributed by atoms with Crippen LogP contribution in [-0.4, -0.2) is 71.2 Å². The second kappa shape index (κ2) is 8.97. The number of piperazine rings is 1. The Morgan fingerprint density at radius 3 is 2.66 bits per heavy atom. The Balaban J connectivity index is 1.19. The van der Waals surface area contributed by atoms with Crippen molar-refractivity contribution in [3.8, 4) is 0 Å². The van der Waals surface area contributed by atoms with Gasteiger partial charge in [-0.05, 0) is 31.4 Å². The van der Waals surface area contributed by atoms with E-state index in [0.29, 0.717) is 12.6 Å². The highest BCUT2D eigenvalue weighted by molar-refractivity contribution is 5.74. The summed E-state index contributed by atoms with van der Waals surface area (Å²) in [6.45, 7) is 10.8. The fraction of sp³-hybridized carbons (Fsp3) is 0.545. The van der Waals surface area contributed by atoms with Gasteiger partial charge in [-0.1, -0.05) is 29.4 Å². The van der Waals surface area contributed by atoms with Crippen LogP contribution in [0, 0.1) is 6.92 Å². The summed E-state index contributed by atoms with van der Waals surface area (Å²) < 4.78 is 5.13. The number of nitrogens with zero attached hydrogens (tertiary/aromatic N) is 4. The van der Waals surface area contributed by atoms with Crippen molar-refractivity contribution in [2.45, 2.75) is 39.4 Å². The van der Waals surface area contributed by atoms with Gasteiger partial charge >= 0.3 is 6.03 Å². The van der Waals surface area contributed by atoms with E-state index in [1.807, 2.05) is 17.9 Å². The molecule has 1 aromatic heterocycles. The number of rotatable bonds is 5. The van der Waals surface area contributed by atoms with Crippen LogP contribution in [0.2, 0.25) is 0 Å². The molecule has 2 aliphatic rings. The van der Waals surface area contributed by atoms with Gasteiger partial charge in [-0.3, -0.25) is 9.80 Å². The molecular formula is C22H31N5O2. The molecule has 7 nitrogen and oxygen atoms in total. The van der Waals surface area contributed by atoms with Crippen LogP contribution < -0.4 is 5.32 Å². The second-order valence-corrected chi connectivity index (χ2v) is 8.22. The minimum absolute atomic E-state index is 0.0474. The molecule has 0 radical (unpaired) electrons. The van der Waals surface area contributed by atoms with Crippen molar-refractivity contribution in [1.82, 2.24) is 25.2 Å². The predicted octanol–water partition coefficient (Wildman–Crippen LogP) is 2.26. The fourth-order valence-corrected chi connectivity index (χ4v) is 4.20. The molecular weight excluding hydrogens is 366 g/mol. The number of hydrogen-bond donors (Lipinski definition) is 1. The smallest absolute Gasteiger partial charge is 0.317 e. The normalized spacial score (nSPS) is 19.0. The van der Waals surface area contributed by atoms with Crippen molar-refractivity contribution in [2.24, 2.45) is 0 Å². The van der Waals surface area contributed by atoms with Crippen molar-refractivity contribution >= 4 is 6.03 Å². The Hall–Kier alpha value is -2.38. The maximum absolute atomic E-state index is 12.6. The highest BCUT2D eigenvalue weighted by Gasteiger charge is 2.24. The van der Waals surface area contributed by atoms with Crippen LogP contribution in [-0.2, 0) is 19.5 Å². The molecule has 1 aromatic carbocycles. The van der Waals surface area contributed by atoms with E-state index in [1.165, 1.54) is 11.1 Å². The first-order valence-electron chi connectivity index (χ1n) is 10.6. The first kappa shape index (κ1) is 19.9. The highest BCUT2D eigenvalue weighted by Crippen LogP contribution is 2.20. The van der Waals surface area contributed by atoms with Gasteiger partial charge in [-0.2, -0.15) is 0 Å². The lowest BCUT2D eigenvalue weighted by Crippen LogP contribution is -2.53. The van der Waals surface area contributed by atoms with Gasteiger partial charge in [0.05, 0.1) is 5.69 Å². The lowest BCUT2D eigenvalue weighted by atomic mass is 9.99. The summed E-state index contributed by atoms with van der Waals surface area (Å²) in [6.07, 6.45) is 1.08. The molecule has 1 atom stereocenters. The van der Waals surface area contributed by atoms with E-state index < -0.39 is 0 Å². The van der Waals surface area contributed by atoms with E-state index in [-0.39, 0.29) is 6.03 Å². The molecule has 2 aromatic rings. The summed E-state index contributed by atoms with van der Waals surface area (Å²) in [5.41, 5.74) is 3.83. The number of aromatic nitrogens is 1. The van der Waals surface area contributed by atoms with Gasteiger partial charge in [0.15, 0.2) is 0 Å². The van der Waals surface area contributed by atoms with E-state index >= 15 is 0 Å². The first-order chi connectivity index (χ1) is 14.1. The number of benzene rings is 1. The molecule has 0 aliphatic carbocycles. The molecule has 4 rings (SSSR count). The lowest BCUT2D eigenvalue weighted by Gasteiger charge is -2.36. The van der Waals surface area contributed by atoms with Crippen LogP contribution in [0.15, 0.2) is 34.9 Å². The molecule has 29 heavy (non-hydrogen) atoms. The number of carbonyl (C=O) groups excluding carboxylic acids is 1. The van der Waals surface area contributed by atoms with E-state index in [4.69, 9.17) is 4.52 Å². The zero-order chi connectivity index (χ0) is 20.2. The third kappa shape index (κ3) is 4.97. The first-order valence-corrected chi connectivity index (χ1v) is 10.6. The van der Waals surface area contributed by atoms with Gasteiger partial charge in [0, 0.05) is 64.5 Å². The minimum Gasteiger partial charge on any atom is -0.361 e. The minimum atomic E-state index is 0.0474. The molecule has 156 valence electrons. The zero-order valence-corrected chi connectivity index (χ0v) is 17.4. The molecule has 2 aliphatic heterocycles. The van der Waals surface area contributed by atoms with Crippen LogP contribution in [0.25, 0.3) is 0 Å². The molecule has 2 amide bonds. The van der Waals surface area contributed by atoms with E-state index in [2.05, 4.69) is 51.5 Å². The topological polar surface area (TPSA) is 64.8 Å². The maximum Gasteiger partial charge on any atom is 0.317 e. The number of amides is 2. The highest BCUT2D eigenvalue weighted by atomic mass is 16.5. The lowest BCUT2D eigenvalue weighted by molar-refractivity contribution is 0.129. The predicted molar refractivity (Wildman–Crippen MR) is 112 cm³/mol. The summed E-state index contributed by atoms with van der Waals surface area (Å²) in [5.74, 6) is 0.837. The summed E-state index contributed by atoms with van der Waals surface area (Å²) in [4.78, 5) is 19.3. The number of hydrogen-bond acceptors (Lipinski definition) is 5. The van der Waals surface area contributed by atoms with Crippen LogP contribution in [0.5, 0.6) is 0 Å². The van der Waals surface area contributed by atoms with Crippen LogP contribution in [0.3, 0.4) is 0 Å². The quantitative estimate of drug-likeness (QED) is 0.838. The summed E-state index contributed by atoms with van der Waals surface area (Å²) >= 11 is 0. The Kier molecular flexibility index (Phi) is 6.16. The fourth-order valence-electron chi connectivity index (χ4n) is 4.20. The molecule has 0 saturated carbocycles. The molecule has 3 heterocycles. The van der Waals surface area contributed by atoms with E-state index in [1.54, 1.807) is 0 Å². The van der Waals surface area contributed by atoms with Crippen molar-refractivity contribution in [3.63, 3.8) is 0 Å². The van der Waals surface area contributed by atoms with Crippen LogP contribution in [0.1, 0.15) is 29.5 Å². The molecule has 0 bridgehead atoms. The average Bonchev–Trinajstić information content (AvgIpc) is 3.16. The number of urea groups is 1. The van der Waals surface area contributed by atoms with Gasteiger partial charge in [-0.25, -0.2) is 4.79 Å². The largest absolute Gasteiger partial charge is 0.361 e. The molecule has 7 heteroatoms. The Morgan fingerprint density at radius 2 is 1.93 bits per heavy atom. The van der Waals surface area contributed by atoms with Gasteiger partial charge in [0.2, 0.25) is 0 Å². The van der Waals surface area contributed by atoms with Crippen molar-refractivity contribution in [2.75, 3.05) is 39.3 Å². The zero-order valence-electron chi connectivity index (χ0n) is 17.4. The maximum atomic E-state index is 12.6. The summed E-state index contributed by atoms with van der Waals surface area (Å²) in [5, 5.41) is 7.20. The third-order valence-electron chi connectivity index (χ3n) is 6.05. The van der Waals surface area contributed by atoms with Crippen molar-refractivity contribution in [3.05, 3.63) is 52.9 Å². The summed E-state index contributed by atoms with van der Waals surface area (Å²) in [7, 11) is 0. The molecule has 1 fully saturated rings. The van der Waals surface area contributed by atoms with Crippen LogP contribution in [0.4, 0.5) is 4.79 Å². The third-order valence-corrected chi connectivity index (χ3v) is 6.05.